The first-order valence-corrected chi connectivity index (χ1v) is 13.5. The van der Waals surface area contributed by atoms with Gasteiger partial charge >= 0.3 is 0 Å². The third kappa shape index (κ3) is 7.28. The van der Waals surface area contributed by atoms with E-state index in [0.717, 1.165) is 12.8 Å². The molecule has 1 aliphatic heterocycles. The summed E-state index contributed by atoms with van der Waals surface area (Å²) >= 11 is 7.14. The zero-order chi connectivity index (χ0) is 26.7. The summed E-state index contributed by atoms with van der Waals surface area (Å²) in [5.41, 5.74) is 0.349. The first-order chi connectivity index (χ1) is 17.5. The van der Waals surface area contributed by atoms with Gasteiger partial charge in [0, 0.05) is 31.4 Å². The van der Waals surface area contributed by atoms with Crippen LogP contribution >= 0.6 is 22.9 Å². The van der Waals surface area contributed by atoms with Crippen LogP contribution in [0.2, 0.25) is 4.34 Å². The molecule has 2 N–H and O–H groups in total. The Balaban J connectivity index is 1.51. The lowest BCUT2D eigenvalue weighted by atomic mass is 9.95. The maximum absolute atomic E-state index is 15.0. The van der Waals surface area contributed by atoms with Gasteiger partial charge in [-0.25, -0.2) is 4.39 Å². The second kappa shape index (κ2) is 11.5. The summed E-state index contributed by atoms with van der Waals surface area (Å²) < 4.78 is 20.6. The summed E-state index contributed by atoms with van der Waals surface area (Å²) in [5, 5.41) is 5.70. The van der Waals surface area contributed by atoms with Crippen LogP contribution in [0.15, 0.2) is 30.3 Å². The highest BCUT2D eigenvalue weighted by Gasteiger charge is 2.39. The largest absolute Gasteiger partial charge is 0.370 e. The van der Waals surface area contributed by atoms with E-state index in [1.54, 1.807) is 18.2 Å². The van der Waals surface area contributed by atoms with E-state index < -0.39 is 11.9 Å². The molecule has 200 valence electrons. The molecule has 1 aliphatic carbocycles. The minimum Gasteiger partial charge on any atom is -0.370 e. The highest BCUT2D eigenvalue weighted by molar-refractivity contribution is 7.18. The number of anilines is 2. The van der Waals surface area contributed by atoms with Crippen molar-refractivity contribution in [3.63, 3.8) is 0 Å². The number of nitrogens with one attached hydrogen (secondary N) is 2. The standard InChI is InChI=1S/C26H32ClFN4O4S/c1-26(2,3)15-32(17-5-6-17)20(13-29-25(35)21-8-9-22(27)37-21)24(34)30-16-4-7-19(18(28)12-16)31-10-11-36-14-23(31)33/h4,7-9,12,17,20H,5-6,10-11,13-15H2,1-3H3,(H,29,35)(H,30,34)/t20-/m1/s1. The Bertz CT molecular complexity index is 1160. The molecular formula is C26H32ClFN4O4S. The second-order valence-electron chi connectivity index (χ2n) is 10.5. The van der Waals surface area contributed by atoms with Gasteiger partial charge in [0.05, 0.1) is 21.5 Å². The zero-order valence-corrected chi connectivity index (χ0v) is 22.8. The lowest BCUT2D eigenvalue weighted by Crippen LogP contribution is -2.53. The molecule has 2 heterocycles. The topological polar surface area (TPSA) is 91.0 Å². The van der Waals surface area contributed by atoms with Crippen molar-refractivity contribution in [1.29, 1.82) is 0 Å². The van der Waals surface area contributed by atoms with Crippen molar-refractivity contribution in [3.05, 3.63) is 45.4 Å². The van der Waals surface area contributed by atoms with E-state index >= 15 is 0 Å². The first kappa shape index (κ1) is 27.5. The van der Waals surface area contributed by atoms with Crippen molar-refractivity contribution in [1.82, 2.24) is 10.2 Å². The van der Waals surface area contributed by atoms with E-state index in [-0.39, 0.29) is 60.2 Å². The SMILES string of the molecule is CC(C)(C)CN(C1CC1)[C@H](CNC(=O)c1ccc(Cl)s1)C(=O)Nc1ccc(N2CCOCC2=O)c(F)c1. The van der Waals surface area contributed by atoms with Crippen LogP contribution in [-0.4, -0.2) is 67.6 Å². The van der Waals surface area contributed by atoms with Crippen molar-refractivity contribution >= 4 is 52.0 Å². The van der Waals surface area contributed by atoms with Crippen LogP contribution in [-0.2, 0) is 14.3 Å². The molecule has 0 radical (unpaired) electrons. The third-order valence-electron chi connectivity index (χ3n) is 6.12. The fourth-order valence-electron chi connectivity index (χ4n) is 4.32. The van der Waals surface area contributed by atoms with Gasteiger partial charge < -0.3 is 20.3 Å². The number of hydrogen-bond acceptors (Lipinski definition) is 6. The number of carbonyl (C=O) groups excluding carboxylic acids is 3. The average molecular weight is 551 g/mol. The number of hydrogen-bond donors (Lipinski definition) is 2. The van der Waals surface area contributed by atoms with E-state index in [1.165, 1.54) is 28.4 Å². The summed E-state index contributed by atoms with van der Waals surface area (Å²) in [5.74, 6) is -1.56. The molecule has 0 bridgehead atoms. The Morgan fingerprint density at radius 2 is 2.03 bits per heavy atom. The van der Waals surface area contributed by atoms with Crippen LogP contribution in [0.3, 0.4) is 0 Å². The van der Waals surface area contributed by atoms with E-state index in [0.29, 0.717) is 22.4 Å². The number of ether oxygens (including phenoxy) is 1. The summed E-state index contributed by atoms with van der Waals surface area (Å²) in [7, 11) is 0. The van der Waals surface area contributed by atoms with Crippen LogP contribution in [0.25, 0.3) is 0 Å². The van der Waals surface area contributed by atoms with Gasteiger partial charge in [-0.3, -0.25) is 19.3 Å². The molecule has 2 aliphatic rings. The summed E-state index contributed by atoms with van der Waals surface area (Å²) in [6, 6.07) is 7.17. The van der Waals surface area contributed by atoms with Gasteiger partial charge in [0.25, 0.3) is 11.8 Å². The van der Waals surface area contributed by atoms with Gasteiger partial charge in [0.2, 0.25) is 5.91 Å². The number of amides is 3. The second-order valence-corrected chi connectivity index (χ2v) is 12.3. The normalized spacial score (nSPS) is 17.1. The molecule has 2 fully saturated rings. The summed E-state index contributed by atoms with van der Waals surface area (Å²) in [4.78, 5) is 42.3. The Hall–Kier alpha value is -2.53. The van der Waals surface area contributed by atoms with Crippen LogP contribution < -0.4 is 15.5 Å². The molecule has 0 spiro atoms. The van der Waals surface area contributed by atoms with Crippen molar-refractivity contribution in [3.8, 4) is 0 Å². The zero-order valence-electron chi connectivity index (χ0n) is 21.2. The van der Waals surface area contributed by atoms with Crippen molar-refractivity contribution < 1.29 is 23.5 Å². The van der Waals surface area contributed by atoms with E-state index in [9.17, 15) is 18.8 Å². The van der Waals surface area contributed by atoms with Crippen molar-refractivity contribution in [2.45, 2.75) is 45.7 Å². The van der Waals surface area contributed by atoms with Gasteiger partial charge in [-0.2, -0.15) is 0 Å². The van der Waals surface area contributed by atoms with Gasteiger partial charge in [-0.1, -0.05) is 32.4 Å². The van der Waals surface area contributed by atoms with Crippen LogP contribution in [0.1, 0.15) is 43.3 Å². The molecule has 2 aromatic rings. The van der Waals surface area contributed by atoms with E-state index in [2.05, 4.69) is 36.3 Å². The smallest absolute Gasteiger partial charge is 0.261 e. The number of carbonyl (C=O) groups is 3. The lowest BCUT2D eigenvalue weighted by Gasteiger charge is -2.36. The maximum atomic E-state index is 15.0. The molecule has 1 aromatic carbocycles. The fourth-order valence-corrected chi connectivity index (χ4v) is 5.28. The highest BCUT2D eigenvalue weighted by atomic mass is 35.5. The maximum Gasteiger partial charge on any atom is 0.261 e. The molecule has 8 nitrogen and oxygen atoms in total. The molecule has 0 unspecified atom stereocenters. The Morgan fingerprint density at radius 3 is 2.62 bits per heavy atom. The van der Waals surface area contributed by atoms with Gasteiger partial charge in [-0.05, 0) is 48.6 Å². The van der Waals surface area contributed by atoms with Crippen LogP contribution in [0, 0.1) is 11.2 Å². The minimum atomic E-state index is -0.658. The van der Waals surface area contributed by atoms with E-state index in [4.69, 9.17) is 16.3 Å². The van der Waals surface area contributed by atoms with Crippen LogP contribution in [0.4, 0.5) is 15.8 Å². The highest BCUT2D eigenvalue weighted by Crippen LogP contribution is 2.32. The van der Waals surface area contributed by atoms with Gasteiger partial charge in [0.1, 0.15) is 18.5 Å². The number of thiophene rings is 1. The number of halogens is 2. The molecule has 11 heteroatoms. The fraction of sp³-hybridized carbons (Fsp3) is 0.500. The summed E-state index contributed by atoms with van der Waals surface area (Å²) in [6.07, 6.45) is 1.95. The number of nitrogens with zero attached hydrogens (tertiary/aromatic N) is 2. The Morgan fingerprint density at radius 1 is 1.27 bits per heavy atom. The number of rotatable bonds is 9. The first-order valence-electron chi connectivity index (χ1n) is 12.3. The molecule has 3 amide bonds. The Kier molecular flexibility index (Phi) is 8.52. The molecule has 1 atom stereocenters. The molecule has 1 saturated heterocycles. The van der Waals surface area contributed by atoms with Gasteiger partial charge in [-0.15, -0.1) is 11.3 Å². The predicted molar refractivity (Wildman–Crippen MR) is 143 cm³/mol. The summed E-state index contributed by atoms with van der Waals surface area (Å²) in [6.45, 7) is 7.56. The monoisotopic (exact) mass is 550 g/mol. The molecule has 1 saturated carbocycles. The molecule has 1 aromatic heterocycles. The number of morpholine rings is 1. The van der Waals surface area contributed by atoms with Crippen molar-refractivity contribution in [2.24, 2.45) is 5.41 Å². The lowest BCUT2D eigenvalue weighted by molar-refractivity contribution is -0.125. The molecule has 4 rings (SSSR count). The number of benzene rings is 1. The Labute approximate surface area is 225 Å². The van der Waals surface area contributed by atoms with E-state index in [1.807, 2.05) is 0 Å². The molecule has 37 heavy (non-hydrogen) atoms. The third-order valence-corrected chi connectivity index (χ3v) is 7.35. The quantitative estimate of drug-likeness (QED) is 0.489. The van der Waals surface area contributed by atoms with Crippen molar-refractivity contribution in [2.75, 3.05) is 43.1 Å². The van der Waals surface area contributed by atoms with Crippen LogP contribution in [0.5, 0.6) is 0 Å². The average Bonchev–Trinajstić information content (AvgIpc) is 3.58. The predicted octanol–water partition coefficient (Wildman–Crippen LogP) is 4.15. The molecular weight excluding hydrogens is 519 g/mol. The minimum absolute atomic E-state index is 0.0785. The van der Waals surface area contributed by atoms with Gasteiger partial charge in [0.15, 0.2) is 0 Å².